The SMILES string of the molecule is O=C(NC1CCC(CCN2CCC3CN(c4ccccc4)C[C@@H]3C2)CC1)c1cccc2ncccc12. The number of carbonyl (C=O) groups excluding carboxylic acids is 1. The third-order valence-corrected chi connectivity index (χ3v) is 8.93. The summed E-state index contributed by atoms with van der Waals surface area (Å²) < 4.78 is 0. The number of pyridine rings is 1. The lowest BCUT2D eigenvalue weighted by Gasteiger charge is -2.36. The van der Waals surface area contributed by atoms with E-state index in [1.165, 1.54) is 64.1 Å². The van der Waals surface area contributed by atoms with Crippen molar-refractivity contribution < 1.29 is 4.79 Å². The minimum atomic E-state index is 0.0426. The first-order chi connectivity index (χ1) is 17.7. The number of nitrogens with zero attached hydrogens (tertiary/aromatic N) is 3. The van der Waals surface area contributed by atoms with Gasteiger partial charge in [0.1, 0.15) is 0 Å². The number of likely N-dealkylation sites (tertiary alicyclic amines) is 1. The number of hydrogen-bond acceptors (Lipinski definition) is 4. The van der Waals surface area contributed by atoms with E-state index in [0.717, 1.165) is 47.1 Å². The molecule has 1 unspecified atom stereocenters. The van der Waals surface area contributed by atoms with Gasteiger partial charge in [0.05, 0.1) is 5.52 Å². The summed E-state index contributed by atoms with van der Waals surface area (Å²) in [6, 6.07) is 20.9. The molecule has 1 aromatic heterocycles. The Hall–Kier alpha value is -2.92. The molecule has 1 aliphatic carbocycles. The highest BCUT2D eigenvalue weighted by molar-refractivity contribution is 6.06. The number of anilines is 1. The van der Waals surface area contributed by atoms with Gasteiger partial charge in [-0.3, -0.25) is 9.78 Å². The fraction of sp³-hybridized carbons (Fsp3) is 0.484. The summed E-state index contributed by atoms with van der Waals surface area (Å²) in [5.41, 5.74) is 3.01. The van der Waals surface area contributed by atoms with Crippen molar-refractivity contribution in [2.45, 2.75) is 44.6 Å². The second kappa shape index (κ2) is 10.6. The summed E-state index contributed by atoms with van der Waals surface area (Å²) in [5, 5.41) is 4.25. The molecule has 0 bridgehead atoms. The molecule has 3 heterocycles. The van der Waals surface area contributed by atoms with Crippen molar-refractivity contribution in [3.8, 4) is 0 Å². The van der Waals surface area contributed by atoms with Crippen molar-refractivity contribution in [3.05, 3.63) is 72.4 Å². The zero-order chi connectivity index (χ0) is 24.3. The largest absolute Gasteiger partial charge is 0.371 e. The molecule has 5 heteroatoms. The fourth-order valence-corrected chi connectivity index (χ4v) is 6.82. The first-order valence-corrected chi connectivity index (χ1v) is 13.9. The summed E-state index contributed by atoms with van der Waals surface area (Å²) in [6.45, 7) is 6.20. The van der Waals surface area contributed by atoms with Crippen molar-refractivity contribution >= 4 is 22.5 Å². The van der Waals surface area contributed by atoms with Crippen LogP contribution in [0.3, 0.4) is 0 Å². The van der Waals surface area contributed by atoms with E-state index in [2.05, 4.69) is 50.4 Å². The van der Waals surface area contributed by atoms with Crippen LogP contribution in [-0.2, 0) is 0 Å². The second-order valence-electron chi connectivity index (χ2n) is 11.2. The van der Waals surface area contributed by atoms with E-state index < -0.39 is 0 Å². The number of fused-ring (bicyclic) bond motifs is 2. The minimum absolute atomic E-state index is 0.0426. The van der Waals surface area contributed by atoms with E-state index in [1.54, 1.807) is 6.20 Å². The van der Waals surface area contributed by atoms with Gasteiger partial charge in [0.15, 0.2) is 0 Å². The molecule has 1 saturated carbocycles. The molecule has 0 spiro atoms. The zero-order valence-corrected chi connectivity index (χ0v) is 21.2. The molecule has 1 amide bonds. The minimum Gasteiger partial charge on any atom is -0.371 e. The fourth-order valence-electron chi connectivity index (χ4n) is 6.82. The number of piperidine rings is 1. The van der Waals surface area contributed by atoms with Crippen LogP contribution in [0.4, 0.5) is 5.69 Å². The van der Waals surface area contributed by atoms with E-state index >= 15 is 0 Å². The van der Waals surface area contributed by atoms with Crippen LogP contribution in [0.2, 0.25) is 0 Å². The summed E-state index contributed by atoms with van der Waals surface area (Å²) >= 11 is 0. The summed E-state index contributed by atoms with van der Waals surface area (Å²) in [4.78, 5) is 22.7. The van der Waals surface area contributed by atoms with Crippen molar-refractivity contribution in [2.75, 3.05) is 37.6 Å². The van der Waals surface area contributed by atoms with Gasteiger partial charge in [-0.25, -0.2) is 0 Å². The van der Waals surface area contributed by atoms with Crippen LogP contribution in [0, 0.1) is 17.8 Å². The number of benzene rings is 2. The van der Waals surface area contributed by atoms with Crippen LogP contribution in [0.5, 0.6) is 0 Å². The number of hydrogen-bond donors (Lipinski definition) is 1. The number of nitrogens with one attached hydrogen (secondary N) is 1. The number of para-hydroxylation sites is 1. The van der Waals surface area contributed by atoms with Gasteiger partial charge in [-0.05, 0) is 99.7 Å². The topological polar surface area (TPSA) is 48.5 Å². The molecule has 36 heavy (non-hydrogen) atoms. The molecule has 188 valence electrons. The summed E-state index contributed by atoms with van der Waals surface area (Å²) in [5.74, 6) is 2.51. The molecular formula is C31H38N4O. The third-order valence-electron chi connectivity index (χ3n) is 8.93. The van der Waals surface area contributed by atoms with Gasteiger partial charge in [0, 0.05) is 48.5 Å². The Kier molecular flexibility index (Phi) is 6.91. The highest BCUT2D eigenvalue weighted by atomic mass is 16.1. The molecule has 1 N–H and O–H groups in total. The lowest BCUT2D eigenvalue weighted by atomic mass is 9.83. The Bertz CT molecular complexity index is 1170. The van der Waals surface area contributed by atoms with E-state index in [1.807, 2.05) is 30.3 Å². The van der Waals surface area contributed by atoms with Crippen LogP contribution >= 0.6 is 0 Å². The smallest absolute Gasteiger partial charge is 0.252 e. The van der Waals surface area contributed by atoms with Crippen LogP contribution in [-0.4, -0.2) is 54.6 Å². The predicted octanol–water partition coefficient (Wildman–Crippen LogP) is 5.37. The van der Waals surface area contributed by atoms with Gasteiger partial charge in [0.25, 0.3) is 5.91 Å². The Labute approximate surface area is 214 Å². The molecule has 3 aliphatic rings. The van der Waals surface area contributed by atoms with E-state index in [0.29, 0.717) is 6.04 Å². The number of amides is 1. The molecule has 2 atom stereocenters. The normalized spacial score (nSPS) is 26.6. The molecule has 0 radical (unpaired) electrons. The van der Waals surface area contributed by atoms with Crippen molar-refractivity contribution in [2.24, 2.45) is 17.8 Å². The van der Waals surface area contributed by atoms with Gasteiger partial charge in [0.2, 0.25) is 0 Å². The Morgan fingerprint density at radius 3 is 2.56 bits per heavy atom. The average molecular weight is 483 g/mol. The van der Waals surface area contributed by atoms with Crippen LogP contribution in [0.25, 0.3) is 10.9 Å². The van der Waals surface area contributed by atoms with Crippen LogP contribution in [0.15, 0.2) is 66.9 Å². The maximum Gasteiger partial charge on any atom is 0.252 e. The maximum absolute atomic E-state index is 13.0. The highest BCUT2D eigenvalue weighted by Gasteiger charge is 2.37. The highest BCUT2D eigenvalue weighted by Crippen LogP contribution is 2.35. The summed E-state index contributed by atoms with van der Waals surface area (Å²) in [6.07, 6.45) is 9.06. The molecule has 2 aliphatic heterocycles. The Morgan fingerprint density at radius 2 is 1.69 bits per heavy atom. The first-order valence-electron chi connectivity index (χ1n) is 13.9. The Balaban J connectivity index is 0.947. The molecular weight excluding hydrogens is 444 g/mol. The third kappa shape index (κ3) is 5.12. The number of carbonyl (C=O) groups is 1. The van der Waals surface area contributed by atoms with Gasteiger partial charge in [-0.15, -0.1) is 0 Å². The van der Waals surface area contributed by atoms with E-state index in [4.69, 9.17) is 0 Å². The molecule has 5 nitrogen and oxygen atoms in total. The predicted molar refractivity (Wildman–Crippen MR) is 146 cm³/mol. The number of rotatable bonds is 6. The van der Waals surface area contributed by atoms with Crippen LogP contribution in [0.1, 0.15) is 48.9 Å². The van der Waals surface area contributed by atoms with E-state index in [9.17, 15) is 4.79 Å². The molecule has 6 rings (SSSR count). The lowest BCUT2D eigenvalue weighted by molar-refractivity contribution is 0.0919. The van der Waals surface area contributed by atoms with Crippen molar-refractivity contribution in [1.29, 1.82) is 0 Å². The monoisotopic (exact) mass is 482 g/mol. The molecule has 2 saturated heterocycles. The van der Waals surface area contributed by atoms with Crippen molar-refractivity contribution in [3.63, 3.8) is 0 Å². The lowest BCUT2D eigenvalue weighted by Crippen LogP contribution is -2.41. The number of aromatic nitrogens is 1. The van der Waals surface area contributed by atoms with Crippen LogP contribution < -0.4 is 10.2 Å². The van der Waals surface area contributed by atoms with Gasteiger partial charge >= 0.3 is 0 Å². The zero-order valence-electron chi connectivity index (χ0n) is 21.2. The first kappa shape index (κ1) is 23.5. The standard InChI is InChI=1S/C31H38N4O/c36-31(29-8-4-10-30-28(29)9-5-17-32-30)33-26-13-11-23(12-14-26)15-18-34-19-16-24-21-35(22-25(24)20-34)27-6-2-1-3-7-27/h1-10,17,23-26H,11-16,18-22H2,(H,33,36)/t23?,24?,25-,26?/m0/s1. The molecule has 3 aromatic rings. The van der Waals surface area contributed by atoms with Gasteiger partial charge in [-0.1, -0.05) is 30.3 Å². The average Bonchev–Trinajstić information content (AvgIpc) is 3.36. The van der Waals surface area contributed by atoms with Gasteiger partial charge in [-0.2, -0.15) is 0 Å². The maximum atomic E-state index is 13.0. The van der Waals surface area contributed by atoms with E-state index in [-0.39, 0.29) is 5.91 Å². The quantitative estimate of drug-likeness (QED) is 0.513. The molecule has 3 fully saturated rings. The Morgan fingerprint density at radius 1 is 0.861 bits per heavy atom. The second-order valence-corrected chi connectivity index (χ2v) is 11.2. The summed E-state index contributed by atoms with van der Waals surface area (Å²) in [7, 11) is 0. The molecule has 2 aromatic carbocycles. The van der Waals surface area contributed by atoms with Crippen molar-refractivity contribution in [1.82, 2.24) is 15.2 Å². The van der Waals surface area contributed by atoms with Gasteiger partial charge < -0.3 is 15.1 Å².